The van der Waals surface area contributed by atoms with Crippen LogP contribution in [0.1, 0.15) is 55.8 Å². The molecule has 3 rings (SSSR count). The van der Waals surface area contributed by atoms with Crippen LogP contribution in [0.3, 0.4) is 0 Å². The minimum absolute atomic E-state index is 0.0274. The summed E-state index contributed by atoms with van der Waals surface area (Å²) in [4.78, 5) is 38.1. The first kappa shape index (κ1) is 22.3. The topological polar surface area (TPSA) is 75.7 Å². The zero-order chi connectivity index (χ0) is 22.2. The maximum atomic E-state index is 12.4. The molecule has 0 aliphatic carbocycles. The average molecular weight is 421 g/mol. The number of carbonyl (C=O) groups is 3. The average Bonchev–Trinajstić information content (AvgIpc) is 2.77. The van der Waals surface area contributed by atoms with Gasteiger partial charge in [-0.25, -0.2) is 0 Å². The number of benzene rings is 2. The Balaban J connectivity index is 1.53. The van der Waals surface area contributed by atoms with Crippen LogP contribution in [0.5, 0.6) is 0 Å². The number of unbranched alkanes of at least 4 members (excludes halogenated alkanes) is 1. The monoisotopic (exact) mass is 420 g/mol. The van der Waals surface area contributed by atoms with Crippen LogP contribution in [-0.2, 0) is 25.5 Å². The first-order valence-electron chi connectivity index (χ1n) is 10.6. The summed E-state index contributed by atoms with van der Waals surface area (Å²) in [6, 6.07) is 14.8. The van der Waals surface area contributed by atoms with Crippen molar-refractivity contribution >= 4 is 29.5 Å². The maximum Gasteiger partial charge on any atom is 0.308 e. The van der Waals surface area contributed by atoms with Gasteiger partial charge in [-0.2, -0.15) is 0 Å². The van der Waals surface area contributed by atoms with Gasteiger partial charge in [0.25, 0.3) is 5.91 Å². The molecule has 6 nitrogen and oxygen atoms in total. The van der Waals surface area contributed by atoms with Gasteiger partial charge in [-0.1, -0.05) is 49.7 Å². The molecule has 0 saturated heterocycles. The number of carbonyl (C=O) groups excluding carboxylic acids is 3. The molecule has 6 heteroatoms. The fraction of sp³-hybridized carbons (Fsp3) is 0.320. The van der Waals surface area contributed by atoms with Crippen molar-refractivity contribution in [3.8, 4) is 0 Å². The third-order valence-electron chi connectivity index (χ3n) is 5.25. The Hall–Kier alpha value is -3.41. The second-order valence-electron chi connectivity index (χ2n) is 7.60. The Kier molecular flexibility index (Phi) is 7.60. The summed E-state index contributed by atoms with van der Waals surface area (Å²) in [5, 5.41) is 2.74. The molecule has 0 aromatic heterocycles. The van der Waals surface area contributed by atoms with Gasteiger partial charge in [-0.3, -0.25) is 14.4 Å². The predicted molar refractivity (Wildman–Crippen MR) is 120 cm³/mol. The van der Waals surface area contributed by atoms with Gasteiger partial charge in [-0.15, -0.1) is 0 Å². The lowest BCUT2D eigenvalue weighted by Gasteiger charge is -2.32. The number of amides is 2. The number of anilines is 1. The van der Waals surface area contributed by atoms with E-state index in [0.717, 1.165) is 30.4 Å². The summed E-state index contributed by atoms with van der Waals surface area (Å²) in [5.74, 6) is -1.10. The van der Waals surface area contributed by atoms with E-state index in [0.29, 0.717) is 5.69 Å². The fourth-order valence-electron chi connectivity index (χ4n) is 3.61. The lowest BCUT2D eigenvalue weighted by Crippen LogP contribution is -2.33. The Labute approximate surface area is 182 Å². The number of aryl methyl sites for hydroxylation is 1. The van der Waals surface area contributed by atoms with E-state index in [1.807, 2.05) is 54.6 Å². The van der Waals surface area contributed by atoms with Gasteiger partial charge in [0.05, 0.1) is 12.5 Å². The number of esters is 1. The van der Waals surface area contributed by atoms with E-state index in [4.69, 9.17) is 4.74 Å². The maximum absolute atomic E-state index is 12.4. The zero-order valence-corrected chi connectivity index (χ0v) is 18.0. The molecule has 1 aliphatic rings. The summed E-state index contributed by atoms with van der Waals surface area (Å²) >= 11 is 0. The second kappa shape index (κ2) is 10.6. The smallest absolute Gasteiger partial charge is 0.308 e. The minimum Gasteiger partial charge on any atom is -0.455 e. The number of ether oxygens (including phenoxy) is 1. The molecule has 0 fully saturated rings. The zero-order valence-electron chi connectivity index (χ0n) is 18.0. The van der Waals surface area contributed by atoms with Gasteiger partial charge >= 0.3 is 5.97 Å². The molecular formula is C25H28N2O4. The van der Waals surface area contributed by atoms with E-state index >= 15 is 0 Å². The van der Waals surface area contributed by atoms with Gasteiger partial charge in [-0.05, 0) is 47.7 Å². The molecule has 0 unspecified atom stereocenters. The van der Waals surface area contributed by atoms with Crippen LogP contribution in [0, 0.1) is 0 Å². The van der Waals surface area contributed by atoms with Crippen molar-refractivity contribution in [1.29, 1.82) is 0 Å². The van der Waals surface area contributed by atoms with Gasteiger partial charge in [0.2, 0.25) is 5.91 Å². The molecule has 0 saturated carbocycles. The third-order valence-corrected chi connectivity index (χ3v) is 5.25. The summed E-state index contributed by atoms with van der Waals surface area (Å²) in [7, 11) is 0. The highest BCUT2D eigenvalue weighted by Gasteiger charge is 2.28. The van der Waals surface area contributed by atoms with E-state index in [1.165, 1.54) is 17.4 Å². The van der Waals surface area contributed by atoms with Crippen molar-refractivity contribution in [3.63, 3.8) is 0 Å². The SMILES string of the molecule is CCCCc1ccc(NC(=O)COC(=O)C[C@@H]2c3ccccc3C=CN2C(C)=O)cc1. The van der Waals surface area contributed by atoms with Crippen LogP contribution in [0.4, 0.5) is 5.69 Å². The van der Waals surface area contributed by atoms with Crippen LogP contribution >= 0.6 is 0 Å². The Morgan fingerprint density at radius 3 is 2.52 bits per heavy atom. The van der Waals surface area contributed by atoms with E-state index in [2.05, 4.69) is 12.2 Å². The number of hydrogen-bond donors (Lipinski definition) is 1. The quantitative estimate of drug-likeness (QED) is 0.639. The number of fused-ring (bicyclic) bond motifs is 1. The normalized spacial score (nSPS) is 14.6. The van der Waals surface area contributed by atoms with Crippen molar-refractivity contribution in [1.82, 2.24) is 4.90 Å². The highest BCUT2D eigenvalue weighted by Crippen LogP contribution is 2.33. The molecule has 2 aromatic rings. The highest BCUT2D eigenvalue weighted by molar-refractivity contribution is 5.92. The molecule has 0 spiro atoms. The molecule has 2 amide bonds. The summed E-state index contributed by atoms with van der Waals surface area (Å²) in [6.07, 6.45) is 6.78. The van der Waals surface area contributed by atoms with Crippen LogP contribution in [0.25, 0.3) is 6.08 Å². The summed E-state index contributed by atoms with van der Waals surface area (Å²) < 4.78 is 5.19. The fourth-order valence-corrected chi connectivity index (χ4v) is 3.61. The van der Waals surface area contributed by atoms with E-state index in [9.17, 15) is 14.4 Å². The van der Waals surface area contributed by atoms with Gasteiger partial charge in [0, 0.05) is 18.8 Å². The van der Waals surface area contributed by atoms with Crippen LogP contribution in [0.2, 0.25) is 0 Å². The highest BCUT2D eigenvalue weighted by atomic mass is 16.5. The summed E-state index contributed by atoms with van der Waals surface area (Å²) in [6.45, 7) is 3.23. The molecule has 2 aromatic carbocycles. The van der Waals surface area contributed by atoms with Crippen molar-refractivity contribution in [2.24, 2.45) is 0 Å². The lowest BCUT2D eigenvalue weighted by molar-refractivity contribution is -0.149. The number of nitrogens with one attached hydrogen (secondary N) is 1. The van der Waals surface area contributed by atoms with E-state index in [1.54, 1.807) is 6.20 Å². The molecule has 0 bridgehead atoms. The molecule has 1 atom stereocenters. The third kappa shape index (κ3) is 6.04. The summed E-state index contributed by atoms with van der Waals surface area (Å²) in [5.41, 5.74) is 3.72. The van der Waals surface area contributed by atoms with Crippen LogP contribution < -0.4 is 5.32 Å². The largest absolute Gasteiger partial charge is 0.455 e. The standard InChI is InChI=1S/C25H28N2O4/c1-3-4-7-19-10-12-21(13-11-19)26-24(29)17-31-25(30)16-23-22-9-6-5-8-20(22)14-15-27(23)18(2)28/h5-6,8-15,23H,3-4,7,16-17H2,1-2H3,(H,26,29)/t23-/m1/s1. The number of nitrogens with zero attached hydrogens (tertiary/aromatic N) is 1. The van der Waals surface area contributed by atoms with Gasteiger partial charge in [0.1, 0.15) is 0 Å². The van der Waals surface area contributed by atoms with Crippen molar-refractivity contribution in [3.05, 3.63) is 71.4 Å². The second-order valence-corrected chi connectivity index (χ2v) is 7.60. The van der Waals surface area contributed by atoms with E-state index < -0.39 is 17.9 Å². The van der Waals surface area contributed by atoms with Gasteiger partial charge < -0.3 is 15.0 Å². The minimum atomic E-state index is -0.536. The lowest BCUT2D eigenvalue weighted by atomic mass is 9.94. The Bertz CT molecular complexity index is 966. The van der Waals surface area contributed by atoms with Crippen LogP contribution in [0.15, 0.2) is 54.7 Å². The van der Waals surface area contributed by atoms with Gasteiger partial charge in [0.15, 0.2) is 6.61 Å². The molecule has 1 N–H and O–H groups in total. The van der Waals surface area contributed by atoms with Crippen molar-refractivity contribution in [2.45, 2.75) is 45.6 Å². The number of rotatable bonds is 8. The van der Waals surface area contributed by atoms with Crippen molar-refractivity contribution < 1.29 is 19.1 Å². The number of hydrogen-bond acceptors (Lipinski definition) is 4. The van der Waals surface area contributed by atoms with E-state index in [-0.39, 0.29) is 18.9 Å². The van der Waals surface area contributed by atoms with Crippen molar-refractivity contribution in [2.75, 3.05) is 11.9 Å². The molecule has 1 heterocycles. The molecule has 162 valence electrons. The first-order chi connectivity index (χ1) is 15.0. The Morgan fingerprint density at radius 2 is 1.81 bits per heavy atom. The predicted octanol–water partition coefficient (Wildman–Crippen LogP) is 4.48. The Morgan fingerprint density at radius 1 is 1.06 bits per heavy atom. The molecule has 1 aliphatic heterocycles. The van der Waals surface area contributed by atoms with Crippen LogP contribution in [-0.4, -0.2) is 29.3 Å². The first-order valence-corrected chi connectivity index (χ1v) is 10.6. The molecule has 0 radical (unpaired) electrons. The molecular weight excluding hydrogens is 392 g/mol. The molecule has 31 heavy (non-hydrogen) atoms.